The van der Waals surface area contributed by atoms with Crippen LogP contribution in [0.3, 0.4) is 0 Å². The van der Waals surface area contributed by atoms with Crippen LogP contribution in [0.25, 0.3) is 0 Å². The van der Waals surface area contributed by atoms with E-state index in [-0.39, 0.29) is 131 Å². The summed E-state index contributed by atoms with van der Waals surface area (Å²) in [5.74, 6) is 0. The van der Waals surface area contributed by atoms with E-state index in [1.165, 1.54) is 0 Å². The van der Waals surface area contributed by atoms with Crippen molar-refractivity contribution in [2.75, 3.05) is 52.9 Å². The van der Waals surface area contributed by atoms with E-state index in [1.54, 1.807) is 0 Å². The third-order valence-corrected chi connectivity index (χ3v) is 19.9. The maximum atomic E-state index is 12.3. The first-order chi connectivity index (χ1) is 47.4. The summed E-state index contributed by atoms with van der Waals surface area (Å²) in [6.07, 6.45) is -76.4. The minimum atomic E-state index is -5.60. The molecule has 11 aliphatic heterocycles. The molecule has 0 aromatic heterocycles. The largest absolute Gasteiger partial charge is 0.397 e. The van der Waals surface area contributed by atoms with Gasteiger partial charge in [-0.25, -0.2) is 16.7 Å². The summed E-state index contributed by atoms with van der Waals surface area (Å²) in [4.78, 5) is 11.7. The smallest absolute Gasteiger partial charge is 0.394 e. The monoisotopic (exact) mass is 1650 g/mol. The number of carbonyl (C=O) groups is 1. The zero-order valence-electron chi connectivity index (χ0n) is 55.1. The van der Waals surface area contributed by atoms with E-state index in [1.807, 2.05) is 0 Å². The van der Waals surface area contributed by atoms with Crippen LogP contribution in [0.15, 0.2) is 0 Å². The van der Waals surface area contributed by atoms with Gasteiger partial charge in [-0.3, -0.25) is 18.2 Å². The van der Waals surface area contributed by atoms with Crippen LogP contribution in [0.4, 0.5) is 0 Å². The molecule has 49 nitrogen and oxygen atoms in total. The Kier molecular flexibility index (Phi) is 34.5. The number of aldehydes is 1. The molecule has 11 saturated heterocycles. The topological polar surface area (TPSA) is 721 Å². The van der Waals surface area contributed by atoms with Crippen LogP contribution in [-0.4, -0.2) is 540 Å². The predicted molar refractivity (Wildman–Crippen MR) is 317 cm³/mol. The summed E-state index contributed by atoms with van der Waals surface area (Å²) in [7, 11) is -22.1. The fraction of sp³-hybridized carbons (Fsp3) is 0.979. The van der Waals surface area contributed by atoms with E-state index in [4.69, 9.17) is 97.8 Å². The van der Waals surface area contributed by atoms with Gasteiger partial charge >= 0.3 is 41.6 Å². The van der Waals surface area contributed by atoms with Crippen LogP contribution in [0.5, 0.6) is 0 Å². The number of aliphatic hydroxyl groups excluding tert-OH is 14. The molecule has 11 rings (SSSR count). The number of rotatable bonds is 30. The Labute approximate surface area is 682 Å². The Morgan fingerprint density at radius 2 is 0.638 bits per heavy atom. The summed E-state index contributed by atoms with van der Waals surface area (Å²) in [6, 6.07) is 0. The number of hydrogen-bond donors (Lipinski definition) is 18. The van der Waals surface area contributed by atoms with Gasteiger partial charge in [-0.1, -0.05) is 0 Å². The molecule has 0 unspecified atom stereocenters. The second kappa shape index (κ2) is 38.5. The summed E-state index contributed by atoms with van der Waals surface area (Å²) < 4.78 is 258. The Hall–Kier alpha value is 1.87. The Balaban J connectivity index is 0.00000385. The molecule has 0 aromatic carbocycles. The first-order valence-corrected chi connectivity index (χ1v) is 35.8. The molecule has 11 heterocycles. The average Bonchev–Trinajstić information content (AvgIpc) is 1.70. The van der Waals surface area contributed by atoms with Crippen molar-refractivity contribution in [3.8, 4) is 0 Å². The maximum Gasteiger partial charge on any atom is 0.397 e. The van der Waals surface area contributed by atoms with E-state index in [0.717, 1.165) is 0 Å². The molecule has 0 saturated carbocycles. The van der Waals surface area contributed by atoms with Crippen molar-refractivity contribution in [1.29, 1.82) is 0 Å². The van der Waals surface area contributed by atoms with Crippen molar-refractivity contribution in [2.45, 2.75) is 239 Å². The Bertz CT molecular complexity index is 3280. The van der Waals surface area contributed by atoms with Gasteiger partial charge in [-0.05, 0) is 0 Å². The van der Waals surface area contributed by atoms with Crippen molar-refractivity contribution in [3.05, 3.63) is 0 Å². The van der Waals surface area contributed by atoms with E-state index in [9.17, 15) is 128 Å². The quantitative estimate of drug-likeness (QED) is 0.0180. The Morgan fingerprint density at radius 1 is 0.352 bits per heavy atom. The zero-order chi connectivity index (χ0) is 73.4. The molecule has 11 fully saturated rings. The van der Waals surface area contributed by atoms with Crippen molar-refractivity contribution in [1.82, 2.24) is 0 Å². The van der Waals surface area contributed by atoms with Crippen molar-refractivity contribution in [3.63, 3.8) is 0 Å². The molecule has 0 spiro atoms. The van der Waals surface area contributed by atoms with Gasteiger partial charge in [-0.15, -0.1) is 0 Å². The number of hydrogen-bond acceptors (Lipinski definition) is 45. The van der Waals surface area contributed by atoms with Crippen LogP contribution in [-0.2, 0) is 148 Å². The predicted octanol–water partition coefficient (Wildman–Crippen LogP) is -16.6. The van der Waals surface area contributed by atoms with Gasteiger partial charge in [0.2, 0.25) is 0 Å². The molecule has 588 valence electrons. The molecule has 18 N–H and O–H groups in total. The SMILES string of the molecule is O=C[C@H](O)[C@@H](O[C@H]1O[C@@H]2CO[C@H]([C@H]1O)[C@H]2O[C@@H]1O[C@H](CO)[C@H](OS(=O)(=O)O)[C@H](O[C@H]2O[C@@H]3CO[C@H]([C@H]2O)[C@H]3O[C@@H]2O[C@H](CO)[C@H](OS(=O)(=O)O)[C@H](O[C@H]3O[C@@H]4CO[C@H]([C@H]3O)[C@H]4O[C@@H]3O[C@H](CO)[C@H](OS(=O)(=O)O)[C@H](O[C@H]4O[C@@H]5CO[C@@H]([C@H]5O)[C@H]4O)[C@H]3O)[C@H]2O)[C@H]1O)[C@@H](OS(=O)(=O)O)[C@H](O)CO.[Na].[Na].[Na].[Na]. The molecule has 11 aliphatic rings. The molecule has 57 heteroatoms. The third kappa shape index (κ3) is 21.2. The number of fused-ring (bicyclic) bond motifs is 8. The van der Waals surface area contributed by atoms with Crippen LogP contribution < -0.4 is 0 Å². The van der Waals surface area contributed by atoms with Gasteiger partial charge in [0.25, 0.3) is 0 Å². The third-order valence-electron chi connectivity index (χ3n) is 18.0. The second-order valence-corrected chi connectivity index (χ2v) is 28.7. The van der Waals surface area contributed by atoms with Crippen molar-refractivity contribution in [2.24, 2.45) is 0 Å². The Morgan fingerprint density at radius 3 is 0.952 bits per heavy atom. The minimum Gasteiger partial charge on any atom is -0.394 e. The normalized spacial score (nSPS) is 45.8. The molecule has 8 bridgehead atoms. The molecule has 0 aromatic rings. The number of carbonyl (C=O) groups excluding carboxylic acids is 1. The molecule has 0 amide bonds. The van der Waals surface area contributed by atoms with Crippen LogP contribution in [0.1, 0.15) is 0 Å². The first kappa shape index (κ1) is 94.0. The number of aliphatic hydroxyl groups is 14. The summed E-state index contributed by atoms with van der Waals surface area (Å²) >= 11 is 0. The van der Waals surface area contributed by atoms with Crippen molar-refractivity contribution >= 4 is 166 Å². The summed E-state index contributed by atoms with van der Waals surface area (Å²) in [5.41, 5.74) is 0. The average molecular weight is 1660 g/mol. The van der Waals surface area contributed by atoms with Gasteiger partial charge in [0.05, 0.1) is 52.9 Å². The maximum absolute atomic E-state index is 12.3. The van der Waals surface area contributed by atoms with E-state index in [2.05, 4.69) is 4.18 Å². The molecule has 39 atom stereocenters. The first-order valence-electron chi connectivity index (χ1n) is 30.4. The molecule has 105 heavy (non-hydrogen) atoms. The van der Waals surface area contributed by atoms with Crippen LogP contribution in [0.2, 0.25) is 0 Å². The van der Waals surface area contributed by atoms with Gasteiger partial charge in [-0.2, -0.15) is 33.7 Å². The fourth-order valence-electron chi connectivity index (χ4n) is 13.5. The molecule has 0 aliphatic carbocycles. The van der Waals surface area contributed by atoms with Gasteiger partial charge < -0.3 is 162 Å². The fourth-order valence-corrected chi connectivity index (χ4v) is 15.5. The van der Waals surface area contributed by atoms with E-state index in [0.29, 0.717) is 0 Å². The van der Waals surface area contributed by atoms with Gasteiger partial charge in [0.1, 0.15) is 195 Å². The summed E-state index contributed by atoms with van der Waals surface area (Å²) in [6.45, 7) is -6.71. The second-order valence-electron chi connectivity index (χ2n) is 24.5. The zero-order valence-corrected chi connectivity index (χ0v) is 66.4. The minimum absolute atomic E-state index is 0. The summed E-state index contributed by atoms with van der Waals surface area (Å²) in [5, 5.41) is 154. The van der Waals surface area contributed by atoms with Crippen LogP contribution >= 0.6 is 0 Å². The number of ether oxygens (including phenoxy) is 18. The standard InChI is InChI=1S/C48H74O49S4.4Na/c49-1-10(54)27(28(11(55)2-50)94-98(64,65)66)87-43-21(58)36-29(16(84-43)7-77-36)88-47-25(62)40(33(13(4-52)81-47)96-100(70,71)72)92-45-23(60)38-31(18(86-45)9-79-38)90-48-26(63)41(34(14(5-53)82-48)97-101(73,74)75)93-44-22(59)37-30(17(85-44)8-78-37)89-46-24(61)39(32(12(3-51)80-46)95-99(67,68)69)91-42-20(57)35-19(56)15(83-42)6-76-35;;;;/h1,10-48,50-63H,2-9H2,(H,64,65,66)(H,67,68,69)(H,70,71,72)(H,73,74,75);;;;/t10-,11+,12+,13+,14+,15+,16+,17+,18+,19-,20+,21+,22+,23+,24+,25+,26+,27+,28-,29-,30-,31-,32-,33-,34-,35-,36+,37+,38+,39+,40+,41+,42+,43+,44+,45+,46-,47-,48-;;;;/m0..../s1. The van der Waals surface area contributed by atoms with Crippen LogP contribution in [0, 0.1) is 0 Å². The van der Waals surface area contributed by atoms with Gasteiger partial charge in [0, 0.05) is 118 Å². The molecular formula is C48H74Na4O49S4. The molecular weight excluding hydrogens is 1580 g/mol. The molecule has 4 radical (unpaired) electrons. The van der Waals surface area contributed by atoms with Gasteiger partial charge in [0.15, 0.2) is 50.3 Å². The van der Waals surface area contributed by atoms with E-state index >= 15 is 0 Å². The van der Waals surface area contributed by atoms with E-state index < -0.39 is 327 Å². The van der Waals surface area contributed by atoms with Crippen molar-refractivity contribution < 1.29 is 230 Å².